The first kappa shape index (κ1) is 78.0. The maximum atomic E-state index is 12.9. The molecule has 0 saturated carbocycles. The van der Waals surface area contributed by atoms with Gasteiger partial charge in [0.1, 0.15) is 13.2 Å². The molecule has 0 aromatic heterocycles. The molecule has 0 aliphatic carbocycles. The molecule has 0 aromatic rings. The van der Waals surface area contributed by atoms with Crippen LogP contribution in [0.1, 0.15) is 290 Å². The number of carbonyl (C=O) groups excluding carboxylic acids is 3. The highest BCUT2D eigenvalue weighted by atomic mass is 16.6. The standard InChI is InChI=1S/C77H124O6/c1-4-7-10-13-16-19-22-24-26-28-30-31-32-33-34-35-36-37-38-39-40-41-42-43-44-45-47-48-50-52-55-58-61-64-67-70-76(79)82-73-74(72-81-75(78)69-66-63-60-57-54-21-18-15-12-9-6-3)83-77(80)71-68-65-62-59-56-53-51-49-46-29-27-25-23-20-17-14-11-8-5-2/h7-8,10-11,16-17,19-20,24-27,30-31,33-34,36-37,39-40,46,49,53,56,62,65,74H,4-6,9,12-15,18,21-23,28-29,32,35,38,41-45,47-48,50-52,54-55,57-61,63-64,66-73H2,1-3H3/b10-7-,11-8-,19-16-,20-17-,26-24-,27-25-,31-30-,34-33-,37-36-,40-39-,49-46-,56-53-,65-62-. The molecule has 0 spiro atoms. The van der Waals surface area contributed by atoms with E-state index in [2.05, 4.69) is 173 Å². The lowest BCUT2D eigenvalue weighted by atomic mass is 10.0. The second-order valence-corrected chi connectivity index (χ2v) is 22.0. The average Bonchev–Trinajstić information content (AvgIpc) is 3.48. The topological polar surface area (TPSA) is 78.9 Å². The summed E-state index contributed by atoms with van der Waals surface area (Å²) in [7, 11) is 0. The molecule has 468 valence electrons. The fourth-order valence-corrected chi connectivity index (χ4v) is 9.04. The van der Waals surface area contributed by atoms with Gasteiger partial charge in [-0.05, 0) is 116 Å². The van der Waals surface area contributed by atoms with E-state index in [0.29, 0.717) is 19.3 Å². The second-order valence-electron chi connectivity index (χ2n) is 22.0. The Labute approximate surface area is 511 Å². The van der Waals surface area contributed by atoms with Crippen molar-refractivity contribution < 1.29 is 28.6 Å². The molecule has 83 heavy (non-hydrogen) atoms. The van der Waals surface area contributed by atoms with Crippen molar-refractivity contribution in [1.29, 1.82) is 0 Å². The van der Waals surface area contributed by atoms with Crippen LogP contribution in [0.5, 0.6) is 0 Å². The summed E-state index contributed by atoms with van der Waals surface area (Å²) in [5, 5.41) is 0. The Morgan fingerprint density at radius 3 is 0.783 bits per heavy atom. The third-order valence-electron chi connectivity index (χ3n) is 14.0. The molecule has 0 radical (unpaired) electrons. The predicted molar refractivity (Wildman–Crippen MR) is 362 cm³/mol. The molecule has 1 unspecified atom stereocenters. The summed E-state index contributed by atoms with van der Waals surface area (Å²) in [5.74, 6) is -0.996. The molecule has 0 saturated heterocycles. The van der Waals surface area contributed by atoms with E-state index in [1.807, 2.05) is 6.08 Å². The highest BCUT2D eigenvalue weighted by Gasteiger charge is 2.19. The van der Waals surface area contributed by atoms with Crippen molar-refractivity contribution >= 4 is 17.9 Å². The number of unbranched alkanes of at least 4 members (excludes halogenated alkanes) is 23. The zero-order valence-corrected chi connectivity index (χ0v) is 53.7. The summed E-state index contributed by atoms with van der Waals surface area (Å²) < 4.78 is 16.8. The van der Waals surface area contributed by atoms with Gasteiger partial charge in [0.25, 0.3) is 0 Å². The van der Waals surface area contributed by atoms with Gasteiger partial charge < -0.3 is 14.2 Å². The van der Waals surface area contributed by atoms with Crippen LogP contribution in [0.3, 0.4) is 0 Å². The van der Waals surface area contributed by atoms with Crippen LogP contribution in [0.2, 0.25) is 0 Å². The van der Waals surface area contributed by atoms with Crippen LogP contribution < -0.4 is 0 Å². The maximum absolute atomic E-state index is 12.9. The van der Waals surface area contributed by atoms with E-state index in [1.165, 1.54) is 122 Å². The number of hydrogen-bond donors (Lipinski definition) is 0. The summed E-state index contributed by atoms with van der Waals surface area (Å²) in [6.45, 7) is 6.35. The largest absolute Gasteiger partial charge is 0.462 e. The molecule has 0 aliphatic rings. The quantitative estimate of drug-likeness (QED) is 0.0261. The smallest absolute Gasteiger partial charge is 0.306 e. The van der Waals surface area contributed by atoms with Gasteiger partial charge in [0.2, 0.25) is 0 Å². The zero-order valence-electron chi connectivity index (χ0n) is 53.7. The van der Waals surface area contributed by atoms with Crippen LogP contribution in [0.15, 0.2) is 158 Å². The van der Waals surface area contributed by atoms with Crippen molar-refractivity contribution in [3.05, 3.63) is 158 Å². The van der Waals surface area contributed by atoms with E-state index in [-0.39, 0.29) is 31.6 Å². The van der Waals surface area contributed by atoms with Gasteiger partial charge in [-0.3, -0.25) is 14.4 Å². The number of allylic oxidation sites excluding steroid dienone is 26. The first-order valence-corrected chi connectivity index (χ1v) is 34.0. The third kappa shape index (κ3) is 67.7. The van der Waals surface area contributed by atoms with Crippen molar-refractivity contribution in [3.63, 3.8) is 0 Å². The van der Waals surface area contributed by atoms with E-state index < -0.39 is 12.1 Å². The van der Waals surface area contributed by atoms with Gasteiger partial charge in [0, 0.05) is 19.3 Å². The van der Waals surface area contributed by atoms with Crippen molar-refractivity contribution in [1.82, 2.24) is 0 Å². The Morgan fingerprint density at radius 1 is 0.253 bits per heavy atom. The highest BCUT2D eigenvalue weighted by Crippen LogP contribution is 2.16. The molecule has 0 aromatic carbocycles. The number of ether oxygens (including phenoxy) is 3. The van der Waals surface area contributed by atoms with Gasteiger partial charge in [0.05, 0.1) is 0 Å². The molecular formula is C77H124O6. The number of hydrogen-bond acceptors (Lipinski definition) is 6. The molecular weight excluding hydrogens is 1020 g/mol. The van der Waals surface area contributed by atoms with Gasteiger partial charge in [-0.1, -0.05) is 314 Å². The molecule has 0 rings (SSSR count). The lowest BCUT2D eigenvalue weighted by Gasteiger charge is -2.18. The Kier molecular flexibility index (Phi) is 65.4. The molecule has 0 N–H and O–H groups in total. The summed E-state index contributed by atoms with van der Waals surface area (Å²) in [5.41, 5.74) is 0. The van der Waals surface area contributed by atoms with Gasteiger partial charge >= 0.3 is 17.9 Å². The second kappa shape index (κ2) is 69.5. The van der Waals surface area contributed by atoms with Gasteiger partial charge in [-0.2, -0.15) is 0 Å². The molecule has 0 amide bonds. The van der Waals surface area contributed by atoms with E-state index in [0.717, 1.165) is 122 Å². The molecule has 6 nitrogen and oxygen atoms in total. The van der Waals surface area contributed by atoms with Crippen LogP contribution in [-0.2, 0) is 28.6 Å². The van der Waals surface area contributed by atoms with Crippen LogP contribution in [-0.4, -0.2) is 37.2 Å². The minimum Gasteiger partial charge on any atom is -0.462 e. The van der Waals surface area contributed by atoms with E-state index in [9.17, 15) is 14.4 Å². The lowest BCUT2D eigenvalue weighted by Crippen LogP contribution is -2.30. The first-order valence-electron chi connectivity index (χ1n) is 34.0. The minimum atomic E-state index is -0.823. The predicted octanol–water partition coefficient (Wildman–Crippen LogP) is 23.7. The Bertz CT molecular complexity index is 1840. The SMILES string of the molecule is CC/C=C\C/C=C\C/C=C\C/C=C\C/C=C\C/C=C\C/C=C\CCCCCCCCCCCCCCCC(=O)OCC(COC(=O)CCCCCCCCCCCCC)OC(=O)CC/C=C\C/C=C\C/C=C\C/C=C\C/C=C\C/C=C\CC. The molecule has 0 aliphatic heterocycles. The molecule has 6 heteroatoms. The molecule has 0 heterocycles. The van der Waals surface area contributed by atoms with Crippen LogP contribution >= 0.6 is 0 Å². The van der Waals surface area contributed by atoms with Crippen molar-refractivity contribution in [2.24, 2.45) is 0 Å². The fourth-order valence-electron chi connectivity index (χ4n) is 9.04. The van der Waals surface area contributed by atoms with Gasteiger partial charge in [-0.15, -0.1) is 0 Å². The summed E-state index contributed by atoms with van der Waals surface area (Å²) in [6.07, 6.45) is 101. The summed E-state index contributed by atoms with van der Waals surface area (Å²) in [4.78, 5) is 38.2. The monoisotopic (exact) mass is 1140 g/mol. The Balaban J connectivity index is 4.26. The normalized spacial score (nSPS) is 13.1. The summed E-state index contributed by atoms with van der Waals surface area (Å²) in [6, 6.07) is 0. The highest BCUT2D eigenvalue weighted by molar-refractivity contribution is 5.71. The zero-order chi connectivity index (χ0) is 59.9. The van der Waals surface area contributed by atoms with Crippen LogP contribution in [0.4, 0.5) is 0 Å². The fraction of sp³-hybridized carbons (Fsp3) is 0.623. The van der Waals surface area contributed by atoms with E-state index >= 15 is 0 Å². The summed E-state index contributed by atoms with van der Waals surface area (Å²) >= 11 is 0. The van der Waals surface area contributed by atoms with Crippen molar-refractivity contribution in [2.45, 2.75) is 297 Å². The number of rotatable bonds is 60. The number of carbonyl (C=O) groups is 3. The van der Waals surface area contributed by atoms with Gasteiger partial charge in [-0.25, -0.2) is 0 Å². The van der Waals surface area contributed by atoms with Crippen LogP contribution in [0.25, 0.3) is 0 Å². The van der Waals surface area contributed by atoms with Crippen molar-refractivity contribution in [3.8, 4) is 0 Å². The van der Waals surface area contributed by atoms with E-state index in [1.54, 1.807) is 0 Å². The van der Waals surface area contributed by atoms with Crippen molar-refractivity contribution in [2.75, 3.05) is 13.2 Å². The first-order chi connectivity index (χ1) is 41.0. The Morgan fingerprint density at radius 2 is 0.494 bits per heavy atom. The third-order valence-corrected chi connectivity index (χ3v) is 14.0. The molecule has 0 bridgehead atoms. The molecule has 0 fully saturated rings. The molecule has 1 atom stereocenters. The average molecular weight is 1150 g/mol. The lowest BCUT2D eigenvalue weighted by molar-refractivity contribution is -0.166. The van der Waals surface area contributed by atoms with Gasteiger partial charge in [0.15, 0.2) is 6.10 Å². The van der Waals surface area contributed by atoms with E-state index in [4.69, 9.17) is 14.2 Å². The maximum Gasteiger partial charge on any atom is 0.306 e. The number of esters is 3. The minimum absolute atomic E-state index is 0.110. The van der Waals surface area contributed by atoms with Crippen LogP contribution in [0, 0.1) is 0 Å². The Hall–Kier alpha value is -4.97.